The van der Waals surface area contributed by atoms with Crippen molar-refractivity contribution in [3.63, 3.8) is 0 Å². The van der Waals surface area contributed by atoms with E-state index >= 15 is 0 Å². The van der Waals surface area contributed by atoms with Crippen molar-refractivity contribution >= 4 is 11.3 Å². The number of aromatic nitrogens is 5. The number of nitrogens with zero attached hydrogens (tertiary/aromatic N) is 5. The van der Waals surface area contributed by atoms with Crippen LogP contribution in [0.15, 0.2) is 6.33 Å². The summed E-state index contributed by atoms with van der Waals surface area (Å²) in [6, 6.07) is 0. The third kappa shape index (κ3) is 1.16. The predicted octanol–water partition coefficient (Wildman–Crippen LogP) is 0.882. The van der Waals surface area contributed by atoms with Crippen LogP contribution in [0.3, 0.4) is 0 Å². The Hall–Kier alpha value is -1.52. The highest BCUT2D eigenvalue weighted by molar-refractivity contribution is 5.65. The normalized spacial score (nSPS) is 11.4. The molecule has 2 aromatic heterocycles. The molecule has 0 aromatic carbocycles. The van der Waals surface area contributed by atoms with Gasteiger partial charge in [-0.2, -0.15) is 0 Å². The average Bonchev–Trinajstić information content (AvgIpc) is 2.45. The molecule has 0 fully saturated rings. The Morgan fingerprint density at radius 3 is 2.77 bits per heavy atom. The van der Waals surface area contributed by atoms with Crippen molar-refractivity contribution < 1.29 is 0 Å². The SMILES string of the molecule is CC(C)c1nc2ncnnc2n1C. The monoisotopic (exact) mass is 177 g/mol. The molecule has 2 heterocycles. The summed E-state index contributed by atoms with van der Waals surface area (Å²) in [6.07, 6.45) is 1.42. The Balaban J connectivity index is 2.74. The summed E-state index contributed by atoms with van der Waals surface area (Å²) in [4.78, 5) is 8.40. The molecule has 0 spiro atoms. The molecule has 0 unspecified atom stereocenters. The molecule has 13 heavy (non-hydrogen) atoms. The second kappa shape index (κ2) is 2.76. The fourth-order valence-corrected chi connectivity index (χ4v) is 1.37. The Morgan fingerprint density at radius 2 is 2.15 bits per heavy atom. The van der Waals surface area contributed by atoms with Gasteiger partial charge in [0, 0.05) is 13.0 Å². The maximum Gasteiger partial charge on any atom is 0.201 e. The lowest BCUT2D eigenvalue weighted by Crippen LogP contribution is -2.00. The first-order chi connectivity index (χ1) is 6.20. The van der Waals surface area contributed by atoms with Crippen molar-refractivity contribution in [3.8, 4) is 0 Å². The summed E-state index contributed by atoms with van der Waals surface area (Å²) in [5, 5.41) is 7.70. The molecule has 0 aliphatic carbocycles. The molecule has 0 atom stereocenters. The first-order valence-corrected chi connectivity index (χ1v) is 4.20. The van der Waals surface area contributed by atoms with Gasteiger partial charge in [0.2, 0.25) is 11.3 Å². The lowest BCUT2D eigenvalue weighted by atomic mass is 10.2. The van der Waals surface area contributed by atoms with Crippen LogP contribution in [0.4, 0.5) is 0 Å². The lowest BCUT2D eigenvalue weighted by molar-refractivity contribution is 0.717. The summed E-state index contributed by atoms with van der Waals surface area (Å²) >= 11 is 0. The van der Waals surface area contributed by atoms with Crippen LogP contribution in [-0.4, -0.2) is 24.7 Å². The largest absolute Gasteiger partial charge is 0.313 e. The molecule has 0 saturated carbocycles. The third-order valence-corrected chi connectivity index (χ3v) is 1.98. The van der Waals surface area contributed by atoms with E-state index in [1.807, 2.05) is 11.6 Å². The Kier molecular flexibility index (Phi) is 1.72. The van der Waals surface area contributed by atoms with Gasteiger partial charge >= 0.3 is 0 Å². The zero-order chi connectivity index (χ0) is 9.42. The van der Waals surface area contributed by atoms with E-state index in [9.17, 15) is 0 Å². The number of aryl methyl sites for hydroxylation is 1. The molecule has 2 rings (SSSR count). The van der Waals surface area contributed by atoms with Gasteiger partial charge in [-0.25, -0.2) is 9.97 Å². The fourth-order valence-electron chi connectivity index (χ4n) is 1.37. The predicted molar refractivity (Wildman–Crippen MR) is 48.2 cm³/mol. The highest BCUT2D eigenvalue weighted by atomic mass is 15.2. The van der Waals surface area contributed by atoms with E-state index in [0.717, 1.165) is 11.5 Å². The molecule has 0 amide bonds. The number of fused-ring (bicyclic) bond motifs is 1. The standard InChI is InChI=1S/C8H11N5/c1-5(2)7-11-6-8(13(7)3)12-10-4-9-6/h4-5H,1-3H3. The van der Waals surface area contributed by atoms with Crippen LogP contribution in [0, 0.1) is 0 Å². The van der Waals surface area contributed by atoms with Gasteiger partial charge in [0.15, 0.2) is 0 Å². The molecular weight excluding hydrogens is 166 g/mol. The Labute approximate surface area is 75.8 Å². The molecule has 68 valence electrons. The van der Waals surface area contributed by atoms with E-state index in [2.05, 4.69) is 34.0 Å². The number of hydrogen-bond donors (Lipinski definition) is 0. The Bertz CT molecular complexity index is 431. The molecule has 0 aliphatic rings. The first kappa shape index (κ1) is 8.10. The van der Waals surface area contributed by atoms with Crippen LogP contribution < -0.4 is 0 Å². The second-order valence-electron chi connectivity index (χ2n) is 3.29. The van der Waals surface area contributed by atoms with E-state index in [0.29, 0.717) is 11.6 Å². The van der Waals surface area contributed by atoms with E-state index in [4.69, 9.17) is 0 Å². The topological polar surface area (TPSA) is 56.5 Å². The van der Waals surface area contributed by atoms with Crippen molar-refractivity contribution in [2.24, 2.45) is 7.05 Å². The highest BCUT2D eigenvalue weighted by Crippen LogP contribution is 2.16. The van der Waals surface area contributed by atoms with Crippen molar-refractivity contribution in [2.75, 3.05) is 0 Å². The molecule has 0 bridgehead atoms. The maximum atomic E-state index is 4.36. The summed E-state index contributed by atoms with van der Waals surface area (Å²) < 4.78 is 1.93. The molecule has 5 heteroatoms. The summed E-state index contributed by atoms with van der Waals surface area (Å²) in [5.41, 5.74) is 1.41. The van der Waals surface area contributed by atoms with Crippen LogP contribution in [0.1, 0.15) is 25.6 Å². The minimum atomic E-state index is 0.376. The van der Waals surface area contributed by atoms with Gasteiger partial charge < -0.3 is 4.57 Å². The number of rotatable bonds is 1. The molecule has 0 radical (unpaired) electrons. The minimum absolute atomic E-state index is 0.376. The molecular formula is C8H11N5. The van der Waals surface area contributed by atoms with Gasteiger partial charge in [0.1, 0.15) is 12.2 Å². The van der Waals surface area contributed by atoms with Crippen LogP contribution >= 0.6 is 0 Å². The molecule has 0 aliphatic heterocycles. The van der Waals surface area contributed by atoms with Gasteiger partial charge in [0.25, 0.3) is 0 Å². The van der Waals surface area contributed by atoms with Gasteiger partial charge in [-0.3, -0.25) is 0 Å². The second-order valence-corrected chi connectivity index (χ2v) is 3.29. The zero-order valence-electron chi connectivity index (χ0n) is 7.89. The lowest BCUT2D eigenvalue weighted by Gasteiger charge is -2.02. The van der Waals surface area contributed by atoms with Crippen molar-refractivity contribution in [3.05, 3.63) is 12.2 Å². The molecule has 0 saturated heterocycles. The van der Waals surface area contributed by atoms with Crippen LogP contribution in [0.2, 0.25) is 0 Å². The van der Waals surface area contributed by atoms with Crippen molar-refractivity contribution in [2.45, 2.75) is 19.8 Å². The van der Waals surface area contributed by atoms with Gasteiger partial charge in [-0.15, -0.1) is 10.2 Å². The van der Waals surface area contributed by atoms with Gasteiger partial charge in [0.05, 0.1) is 0 Å². The van der Waals surface area contributed by atoms with E-state index in [1.165, 1.54) is 6.33 Å². The van der Waals surface area contributed by atoms with Crippen molar-refractivity contribution in [1.82, 2.24) is 24.7 Å². The van der Waals surface area contributed by atoms with E-state index in [1.54, 1.807) is 0 Å². The maximum absolute atomic E-state index is 4.36. The van der Waals surface area contributed by atoms with E-state index in [-0.39, 0.29) is 0 Å². The van der Waals surface area contributed by atoms with Crippen molar-refractivity contribution in [1.29, 1.82) is 0 Å². The van der Waals surface area contributed by atoms with Gasteiger partial charge in [-0.1, -0.05) is 13.8 Å². The van der Waals surface area contributed by atoms with Crippen LogP contribution in [-0.2, 0) is 7.05 Å². The first-order valence-electron chi connectivity index (χ1n) is 4.20. The summed E-state index contributed by atoms with van der Waals surface area (Å²) in [5.74, 6) is 1.36. The Morgan fingerprint density at radius 1 is 1.38 bits per heavy atom. The number of imidazole rings is 1. The summed E-state index contributed by atoms with van der Waals surface area (Å²) in [6.45, 7) is 4.18. The van der Waals surface area contributed by atoms with Gasteiger partial charge in [-0.05, 0) is 0 Å². The molecule has 2 aromatic rings. The number of hydrogen-bond acceptors (Lipinski definition) is 4. The quantitative estimate of drug-likeness (QED) is 0.648. The fraction of sp³-hybridized carbons (Fsp3) is 0.500. The smallest absolute Gasteiger partial charge is 0.201 e. The van der Waals surface area contributed by atoms with Crippen LogP contribution in [0.5, 0.6) is 0 Å². The van der Waals surface area contributed by atoms with Crippen LogP contribution in [0.25, 0.3) is 11.3 Å². The minimum Gasteiger partial charge on any atom is -0.313 e. The van der Waals surface area contributed by atoms with E-state index < -0.39 is 0 Å². The summed E-state index contributed by atoms with van der Waals surface area (Å²) in [7, 11) is 1.93. The molecule has 0 N–H and O–H groups in total. The molecule has 5 nitrogen and oxygen atoms in total. The average molecular weight is 177 g/mol. The third-order valence-electron chi connectivity index (χ3n) is 1.98. The zero-order valence-corrected chi connectivity index (χ0v) is 7.89. The highest BCUT2D eigenvalue weighted by Gasteiger charge is 2.11.